The SMILES string of the molecule is Nc1cc2c(c(-c3ccccc3C(=O)O)c1)Cc1ccccc1-2. The molecule has 1 aliphatic rings. The van der Waals surface area contributed by atoms with Crippen LogP contribution >= 0.6 is 0 Å². The molecule has 112 valence electrons. The molecule has 0 aliphatic heterocycles. The Morgan fingerprint density at radius 1 is 0.870 bits per heavy atom. The average molecular weight is 301 g/mol. The van der Waals surface area contributed by atoms with Gasteiger partial charge in [0.2, 0.25) is 0 Å². The van der Waals surface area contributed by atoms with Crippen LogP contribution in [0.3, 0.4) is 0 Å². The molecule has 0 aromatic heterocycles. The van der Waals surface area contributed by atoms with E-state index in [1.54, 1.807) is 12.1 Å². The van der Waals surface area contributed by atoms with Crippen LogP contribution in [0.4, 0.5) is 5.69 Å². The smallest absolute Gasteiger partial charge is 0.336 e. The van der Waals surface area contributed by atoms with Gasteiger partial charge in [0.15, 0.2) is 0 Å². The summed E-state index contributed by atoms with van der Waals surface area (Å²) in [4.78, 5) is 11.6. The van der Waals surface area contributed by atoms with Crippen molar-refractivity contribution in [2.75, 3.05) is 5.73 Å². The van der Waals surface area contributed by atoms with E-state index in [-0.39, 0.29) is 0 Å². The Morgan fingerprint density at radius 2 is 1.48 bits per heavy atom. The fourth-order valence-electron chi connectivity index (χ4n) is 3.40. The highest BCUT2D eigenvalue weighted by molar-refractivity contribution is 5.98. The van der Waals surface area contributed by atoms with Crippen molar-refractivity contribution < 1.29 is 9.90 Å². The van der Waals surface area contributed by atoms with E-state index in [0.717, 1.165) is 28.7 Å². The minimum absolute atomic E-state index is 0.302. The quantitative estimate of drug-likeness (QED) is 0.545. The molecular weight excluding hydrogens is 286 g/mol. The van der Waals surface area contributed by atoms with Gasteiger partial charge in [-0.1, -0.05) is 42.5 Å². The van der Waals surface area contributed by atoms with E-state index in [1.807, 2.05) is 36.4 Å². The maximum atomic E-state index is 11.6. The first-order valence-electron chi connectivity index (χ1n) is 7.48. The van der Waals surface area contributed by atoms with E-state index in [1.165, 1.54) is 11.1 Å². The number of anilines is 1. The number of hydrogen-bond donors (Lipinski definition) is 2. The van der Waals surface area contributed by atoms with Crippen molar-refractivity contribution in [2.45, 2.75) is 6.42 Å². The lowest BCUT2D eigenvalue weighted by molar-refractivity contribution is 0.0697. The molecule has 0 atom stereocenters. The summed E-state index contributed by atoms with van der Waals surface area (Å²) in [5.74, 6) is -0.924. The van der Waals surface area contributed by atoms with E-state index < -0.39 is 5.97 Å². The highest BCUT2D eigenvalue weighted by atomic mass is 16.4. The van der Waals surface area contributed by atoms with E-state index in [2.05, 4.69) is 12.1 Å². The third-order valence-corrected chi connectivity index (χ3v) is 4.39. The summed E-state index contributed by atoms with van der Waals surface area (Å²) in [5.41, 5.74) is 13.4. The molecule has 3 nitrogen and oxygen atoms in total. The minimum Gasteiger partial charge on any atom is -0.478 e. The lowest BCUT2D eigenvalue weighted by atomic mass is 9.92. The van der Waals surface area contributed by atoms with Gasteiger partial charge in [0.1, 0.15) is 0 Å². The summed E-state index contributed by atoms with van der Waals surface area (Å²) in [6.45, 7) is 0. The van der Waals surface area contributed by atoms with Gasteiger partial charge in [0.25, 0.3) is 0 Å². The van der Waals surface area contributed by atoms with Gasteiger partial charge in [-0.2, -0.15) is 0 Å². The largest absolute Gasteiger partial charge is 0.478 e. The van der Waals surface area contributed by atoms with Crippen LogP contribution in [0.25, 0.3) is 22.3 Å². The van der Waals surface area contributed by atoms with Gasteiger partial charge in [0, 0.05) is 5.69 Å². The standard InChI is InChI=1S/C20H15NO2/c21-13-10-18-14-6-2-1-5-12(14)9-17(18)19(11-13)15-7-3-4-8-16(15)20(22)23/h1-8,10-11H,9,21H2,(H,22,23). The van der Waals surface area contributed by atoms with Crippen LogP contribution in [0.15, 0.2) is 60.7 Å². The van der Waals surface area contributed by atoms with Crippen molar-refractivity contribution in [3.8, 4) is 22.3 Å². The summed E-state index contributed by atoms with van der Waals surface area (Å²) in [7, 11) is 0. The normalized spacial score (nSPS) is 11.8. The second-order valence-electron chi connectivity index (χ2n) is 5.78. The van der Waals surface area contributed by atoms with Crippen molar-refractivity contribution in [1.82, 2.24) is 0 Å². The molecule has 0 unspecified atom stereocenters. The van der Waals surface area contributed by atoms with E-state index in [0.29, 0.717) is 11.3 Å². The monoisotopic (exact) mass is 301 g/mol. The number of rotatable bonds is 2. The van der Waals surface area contributed by atoms with Gasteiger partial charge in [0.05, 0.1) is 5.56 Å². The zero-order valence-corrected chi connectivity index (χ0v) is 12.4. The molecule has 0 spiro atoms. The lowest BCUT2D eigenvalue weighted by Crippen LogP contribution is -2.01. The van der Waals surface area contributed by atoms with Crippen LogP contribution in [0.1, 0.15) is 21.5 Å². The van der Waals surface area contributed by atoms with Crippen LogP contribution in [-0.2, 0) is 6.42 Å². The van der Waals surface area contributed by atoms with Crippen molar-refractivity contribution in [2.24, 2.45) is 0 Å². The van der Waals surface area contributed by atoms with Crippen LogP contribution < -0.4 is 5.73 Å². The molecule has 0 bridgehead atoms. The number of nitrogens with two attached hydrogens (primary N) is 1. The molecule has 0 fully saturated rings. The Bertz CT molecular complexity index is 944. The third-order valence-electron chi connectivity index (χ3n) is 4.39. The molecule has 0 radical (unpaired) electrons. The van der Waals surface area contributed by atoms with E-state index in [9.17, 15) is 9.90 Å². The summed E-state index contributed by atoms with van der Waals surface area (Å²) in [6.07, 6.45) is 0.801. The van der Waals surface area contributed by atoms with Gasteiger partial charge in [-0.15, -0.1) is 0 Å². The van der Waals surface area contributed by atoms with Crippen LogP contribution in [0.2, 0.25) is 0 Å². The molecule has 3 aromatic carbocycles. The van der Waals surface area contributed by atoms with Crippen LogP contribution in [0.5, 0.6) is 0 Å². The molecule has 0 heterocycles. The molecule has 3 heteroatoms. The number of aromatic carboxylic acids is 1. The summed E-state index contributed by atoms with van der Waals surface area (Å²) in [5, 5.41) is 9.49. The number of fused-ring (bicyclic) bond motifs is 3. The number of carboxylic acid groups (broad SMARTS) is 1. The Balaban J connectivity index is 2.00. The minimum atomic E-state index is -0.924. The fraction of sp³-hybridized carbons (Fsp3) is 0.0500. The molecular formula is C20H15NO2. The summed E-state index contributed by atoms with van der Waals surface area (Å²) >= 11 is 0. The second kappa shape index (κ2) is 4.99. The fourth-order valence-corrected chi connectivity index (χ4v) is 3.40. The van der Waals surface area contributed by atoms with E-state index in [4.69, 9.17) is 5.73 Å². The number of carbonyl (C=O) groups is 1. The molecule has 1 aliphatic carbocycles. The van der Waals surface area contributed by atoms with Gasteiger partial charge >= 0.3 is 5.97 Å². The maximum Gasteiger partial charge on any atom is 0.336 e. The Hall–Kier alpha value is -3.07. The van der Waals surface area contributed by atoms with Gasteiger partial charge < -0.3 is 10.8 Å². The van der Waals surface area contributed by atoms with Crippen molar-refractivity contribution in [1.29, 1.82) is 0 Å². The molecule has 4 rings (SSSR count). The van der Waals surface area contributed by atoms with Crippen LogP contribution in [0, 0.1) is 0 Å². The summed E-state index contributed by atoms with van der Waals surface area (Å²) < 4.78 is 0. The zero-order chi connectivity index (χ0) is 16.0. The third kappa shape index (κ3) is 2.09. The van der Waals surface area contributed by atoms with Crippen LogP contribution in [-0.4, -0.2) is 11.1 Å². The Morgan fingerprint density at radius 3 is 2.22 bits per heavy atom. The molecule has 23 heavy (non-hydrogen) atoms. The van der Waals surface area contributed by atoms with Crippen molar-refractivity contribution in [3.05, 3.63) is 77.4 Å². The predicted octanol–water partition coefficient (Wildman–Crippen LogP) is 4.21. The highest BCUT2D eigenvalue weighted by Gasteiger charge is 2.23. The highest BCUT2D eigenvalue weighted by Crippen LogP contribution is 2.43. The second-order valence-corrected chi connectivity index (χ2v) is 5.78. The molecule has 0 saturated heterocycles. The summed E-state index contributed by atoms with van der Waals surface area (Å²) in [6, 6.07) is 19.2. The molecule has 3 N–H and O–H groups in total. The Labute approximate surface area is 134 Å². The number of carboxylic acids is 1. The number of nitrogen functional groups attached to an aromatic ring is 1. The maximum absolute atomic E-state index is 11.6. The number of hydrogen-bond acceptors (Lipinski definition) is 2. The Kier molecular flexibility index (Phi) is 2.95. The zero-order valence-electron chi connectivity index (χ0n) is 12.4. The number of benzene rings is 3. The first kappa shape index (κ1) is 13.6. The van der Waals surface area contributed by atoms with Gasteiger partial charge in [-0.05, 0) is 58.0 Å². The molecule has 0 saturated carbocycles. The predicted molar refractivity (Wildman–Crippen MR) is 91.5 cm³/mol. The lowest BCUT2D eigenvalue weighted by Gasteiger charge is -2.13. The van der Waals surface area contributed by atoms with Gasteiger partial charge in [-0.3, -0.25) is 0 Å². The molecule has 3 aromatic rings. The van der Waals surface area contributed by atoms with E-state index >= 15 is 0 Å². The first-order valence-corrected chi connectivity index (χ1v) is 7.48. The van der Waals surface area contributed by atoms with Crippen molar-refractivity contribution in [3.63, 3.8) is 0 Å². The first-order chi connectivity index (χ1) is 11.1. The van der Waals surface area contributed by atoms with Gasteiger partial charge in [-0.25, -0.2) is 4.79 Å². The van der Waals surface area contributed by atoms with Crippen molar-refractivity contribution >= 4 is 11.7 Å². The average Bonchev–Trinajstić information content (AvgIpc) is 2.93. The topological polar surface area (TPSA) is 63.3 Å². The molecule has 0 amide bonds.